The Hall–Kier alpha value is -1.70. The molecule has 2 aliphatic heterocycles. The summed E-state index contributed by atoms with van der Waals surface area (Å²) in [5, 5.41) is 2.94. The van der Waals surface area contributed by atoms with Crippen LogP contribution >= 0.6 is 8.07 Å². The van der Waals surface area contributed by atoms with Gasteiger partial charge in [-0.25, -0.2) is 4.99 Å². The van der Waals surface area contributed by atoms with E-state index in [4.69, 9.17) is 9.73 Å². The molecule has 0 unspecified atom stereocenters. The number of benzene rings is 2. The molecule has 5 rings (SSSR count). The highest BCUT2D eigenvalue weighted by Crippen LogP contribution is 2.55. The molecule has 2 aromatic rings. The van der Waals surface area contributed by atoms with E-state index in [1.54, 1.807) is 0 Å². The van der Waals surface area contributed by atoms with E-state index in [1.165, 1.54) is 52.1 Å². The molecule has 2 heterocycles. The fraction of sp³-hybridized carbons (Fsp3) is 0.536. The predicted molar refractivity (Wildman–Crippen MR) is 137 cm³/mol. The topological polar surface area (TPSA) is 24.8 Å². The third-order valence-electron chi connectivity index (χ3n) is 7.40. The maximum absolute atomic E-state index is 6.33. The van der Waals surface area contributed by atoms with Gasteiger partial charge in [0.15, 0.2) is 0 Å². The second-order valence-corrected chi connectivity index (χ2v) is 12.8. The van der Waals surface area contributed by atoms with Crippen LogP contribution in [0, 0.1) is 39.5 Å². The van der Waals surface area contributed by atoms with E-state index in [0.29, 0.717) is 30.0 Å². The standard InChI is InChI=1S/C28H37N2OP/c1-17(2)26-16-31-28(29-26)27-22-7-8-23(15-22)30(27)32(24-11-18(3)9-19(4)12-24)25-13-20(5)10-21(6)14-25/h9-14,17,22-23,26-27H,7-8,15-16H2,1-6H3/t22-,23+,26-,27-/m1/s1. The first-order valence-electron chi connectivity index (χ1n) is 12.3. The van der Waals surface area contributed by atoms with Crippen LogP contribution in [0.25, 0.3) is 0 Å². The van der Waals surface area contributed by atoms with Crippen LogP contribution in [0.3, 0.4) is 0 Å². The predicted octanol–water partition coefficient (Wildman–Crippen LogP) is 5.57. The zero-order valence-corrected chi connectivity index (χ0v) is 21.3. The molecule has 1 saturated carbocycles. The summed E-state index contributed by atoms with van der Waals surface area (Å²) in [6, 6.07) is 15.5. The number of aliphatic imine (C=N–C) groups is 1. The smallest absolute Gasteiger partial charge is 0.202 e. The SMILES string of the molecule is Cc1cc(C)cc(P(c2cc(C)cc(C)c2)N2[C@H]3CC[C@H](C3)[C@@H]2C2=N[C@@H](C(C)C)CO2)c1. The summed E-state index contributed by atoms with van der Waals surface area (Å²) >= 11 is 0. The first kappa shape index (κ1) is 22.1. The summed E-state index contributed by atoms with van der Waals surface area (Å²) in [7, 11) is -0.644. The van der Waals surface area contributed by atoms with Gasteiger partial charge >= 0.3 is 0 Å². The Balaban J connectivity index is 1.63. The van der Waals surface area contributed by atoms with E-state index < -0.39 is 8.07 Å². The van der Waals surface area contributed by atoms with Crippen molar-refractivity contribution < 1.29 is 4.74 Å². The highest BCUT2D eigenvalue weighted by Gasteiger charge is 2.53. The summed E-state index contributed by atoms with van der Waals surface area (Å²) in [6.45, 7) is 14.2. The lowest BCUT2D eigenvalue weighted by Crippen LogP contribution is -2.46. The Kier molecular flexibility index (Phi) is 5.93. The summed E-state index contributed by atoms with van der Waals surface area (Å²) in [5.74, 6) is 2.23. The first-order chi connectivity index (χ1) is 15.3. The largest absolute Gasteiger partial charge is 0.478 e. The van der Waals surface area contributed by atoms with E-state index >= 15 is 0 Å². The van der Waals surface area contributed by atoms with E-state index in [2.05, 4.69) is 82.6 Å². The number of ether oxygens (including phenoxy) is 1. The fourth-order valence-corrected chi connectivity index (χ4v) is 9.25. The maximum atomic E-state index is 6.33. The van der Waals surface area contributed by atoms with Crippen molar-refractivity contribution in [2.45, 2.75) is 78.9 Å². The zero-order chi connectivity index (χ0) is 22.6. The average molecular weight is 449 g/mol. The Morgan fingerprint density at radius 3 is 1.94 bits per heavy atom. The van der Waals surface area contributed by atoms with Gasteiger partial charge < -0.3 is 4.74 Å². The van der Waals surface area contributed by atoms with Gasteiger partial charge in [0.1, 0.15) is 6.61 Å². The number of fused-ring (bicyclic) bond motifs is 2. The van der Waals surface area contributed by atoms with Gasteiger partial charge in [-0.2, -0.15) is 0 Å². The lowest BCUT2D eigenvalue weighted by Gasteiger charge is -2.41. The van der Waals surface area contributed by atoms with Gasteiger partial charge in [0.05, 0.1) is 12.1 Å². The van der Waals surface area contributed by atoms with Gasteiger partial charge in [0.25, 0.3) is 0 Å². The molecule has 0 N–H and O–H groups in total. The molecule has 3 nitrogen and oxygen atoms in total. The quantitative estimate of drug-likeness (QED) is 0.559. The van der Waals surface area contributed by atoms with Crippen LogP contribution in [0.15, 0.2) is 41.4 Å². The molecule has 1 saturated heterocycles. The third kappa shape index (κ3) is 4.03. The van der Waals surface area contributed by atoms with Gasteiger partial charge in [-0.1, -0.05) is 48.2 Å². The molecular formula is C28H37N2OP. The fourth-order valence-electron chi connectivity index (χ4n) is 6.04. The molecule has 1 aliphatic carbocycles. The molecular weight excluding hydrogens is 411 g/mol. The lowest BCUT2D eigenvalue weighted by molar-refractivity contribution is 0.241. The Morgan fingerprint density at radius 2 is 1.44 bits per heavy atom. The van der Waals surface area contributed by atoms with Crippen LogP contribution in [0.5, 0.6) is 0 Å². The normalized spacial score (nSPS) is 27.4. The van der Waals surface area contributed by atoms with Crippen LogP contribution in [-0.4, -0.2) is 35.3 Å². The molecule has 0 spiro atoms. The van der Waals surface area contributed by atoms with Crippen molar-refractivity contribution >= 4 is 24.6 Å². The second-order valence-electron chi connectivity index (χ2n) is 10.6. The van der Waals surface area contributed by atoms with Crippen molar-refractivity contribution in [3.63, 3.8) is 0 Å². The number of hydrogen-bond acceptors (Lipinski definition) is 3. The Morgan fingerprint density at radius 1 is 0.875 bits per heavy atom. The minimum absolute atomic E-state index is 0.305. The second kappa shape index (κ2) is 8.58. The summed E-state index contributed by atoms with van der Waals surface area (Å²) in [5.41, 5.74) is 5.42. The van der Waals surface area contributed by atoms with Gasteiger partial charge in [0.2, 0.25) is 5.90 Å². The number of nitrogens with zero attached hydrogens (tertiary/aromatic N) is 2. The first-order valence-corrected chi connectivity index (χ1v) is 13.5. The van der Waals surface area contributed by atoms with Crippen LogP contribution in [-0.2, 0) is 4.74 Å². The summed E-state index contributed by atoms with van der Waals surface area (Å²) in [6.07, 6.45) is 3.90. The highest BCUT2D eigenvalue weighted by atomic mass is 31.1. The van der Waals surface area contributed by atoms with Gasteiger partial charge in [0, 0.05) is 14.1 Å². The molecule has 0 radical (unpaired) electrons. The van der Waals surface area contributed by atoms with E-state index in [1.807, 2.05) is 0 Å². The van der Waals surface area contributed by atoms with Crippen LogP contribution in [0.2, 0.25) is 0 Å². The molecule has 3 aliphatic rings. The minimum atomic E-state index is -0.644. The molecule has 4 heteroatoms. The number of piperidine rings is 1. The van der Waals surface area contributed by atoms with Gasteiger partial charge in [-0.3, -0.25) is 4.67 Å². The maximum Gasteiger partial charge on any atom is 0.202 e. The van der Waals surface area contributed by atoms with Crippen molar-refractivity contribution in [2.75, 3.05) is 6.61 Å². The number of rotatable bonds is 5. The molecule has 2 fully saturated rings. The van der Waals surface area contributed by atoms with Crippen LogP contribution in [0.4, 0.5) is 0 Å². The summed E-state index contributed by atoms with van der Waals surface area (Å²) < 4.78 is 9.18. The van der Waals surface area contributed by atoms with E-state index in [0.717, 1.165) is 12.5 Å². The Bertz CT molecular complexity index is 954. The zero-order valence-electron chi connectivity index (χ0n) is 20.4. The number of hydrogen-bond donors (Lipinski definition) is 0. The third-order valence-corrected chi connectivity index (χ3v) is 9.93. The van der Waals surface area contributed by atoms with Crippen LogP contribution < -0.4 is 10.6 Å². The average Bonchev–Trinajstić information content (AvgIpc) is 3.43. The minimum Gasteiger partial charge on any atom is -0.478 e. The molecule has 170 valence electrons. The number of aryl methyl sites for hydroxylation is 4. The van der Waals surface area contributed by atoms with E-state index in [-0.39, 0.29) is 0 Å². The molecule has 4 atom stereocenters. The monoisotopic (exact) mass is 448 g/mol. The molecule has 2 bridgehead atoms. The van der Waals surface area contributed by atoms with E-state index in [9.17, 15) is 0 Å². The molecule has 0 aromatic heterocycles. The molecule has 2 aromatic carbocycles. The van der Waals surface area contributed by atoms with Crippen molar-refractivity contribution in [1.29, 1.82) is 0 Å². The Labute approximate surface area is 195 Å². The van der Waals surface area contributed by atoms with Crippen molar-refractivity contribution in [1.82, 2.24) is 4.67 Å². The van der Waals surface area contributed by atoms with Crippen molar-refractivity contribution in [3.8, 4) is 0 Å². The van der Waals surface area contributed by atoms with Crippen LogP contribution in [0.1, 0.15) is 55.4 Å². The summed E-state index contributed by atoms with van der Waals surface area (Å²) in [4.78, 5) is 5.14. The highest BCUT2D eigenvalue weighted by molar-refractivity contribution is 7.70. The van der Waals surface area contributed by atoms with Gasteiger partial charge in [-0.15, -0.1) is 0 Å². The van der Waals surface area contributed by atoms with Crippen molar-refractivity contribution in [2.24, 2.45) is 16.8 Å². The van der Waals surface area contributed by atoms with Crippen molar-refractivity contribution in [3.05, 3.63) is 58.7 Å². The van der Waals surface area contributed by atoms with Gasteiger partial charge in [-0.05, 0) is 93.7 Å². The lowest BCUT2D eigenvalue weighted by atomic mass is 10.00. The molecule has 0 amide bonds. The molecule has 32 heavy (non-hydrogen) atoms.